The van der Waals surface area contributed by atoms with E-state index in [0.717, 1.165) is 29.5 Å². The lowest BCUT2D eigenvalue weighted by atomic mass is 10.0. The van der Waals surface area contributed by atoms with Crippen LogP contribution >= 0.6 is 11.3 Å². The molecule has 1 N–H and O–H groups in total. The Morgan fingerprint density at radius 2 is 2.30 bits per heavy atom. The molecule has 1 aliphatic heterocycles. The Morgan fingerprint density at radius 1 is 1.43 bits per heavy atom. The van der Waals surface area contributed by atoms with E-state index in [0.29, 0.717) is 6.54 Å². The van der Waals surface area contributed by atoms with Gasteiger partial charge in [0.2, 0.25) is 5.91 Å². The highest BCUT2D eigenvalue weighted by Gasteiger charge is 2.34. The highest BCUT2D eigenvalue weighted by Crippen LogP contribution is 2.33. The molecule has 2 aromatic heterocycles. The maximum absolute atomic E-state index is 12.1. The third-order valence-electron chi connectivity index (χ3n) is 4.07. The molecule has 118 valence electrons. The maximum Gasteiger partial charge on any atom is 0.227 e. The zero-order valence-electron chi connectivity index (χ0n) is 12.8. The van der Waals surface area contributed by atoms with E-state index in [9.17, 15) is 4.79 Å². The number of benzene rings is 1. The third kappa shape index (κ3) is 2.82. The number of rotatable bonds is 4. The first kappa shape index (κ1) is 14.3. The van der Waals surface area contributed by atoms with Crippen molar-refractivity contribution >= 4 is 32.6 Å². The van der Waals surface area contributed by atoms with E-state index < -0.39 is 0 Å². The van der Waals surface area contributed by atoms with Gasteiger partial charge in [0, 0.05) is 13.1 Å². The average molecular weight is 327 g/mol. The minimum absolute atomic E-state index is 0.0266. The summed E-state index contributed by atoms with van der Waals surface area (Å²) in [5.74, 6) is 0.879. The second kappa shape index (κ2) is 5.70. The van der Waals surface area contributed by atoms with Crippen molar-refractivity contribution in [2.24, 2.45) is 5.92 Å². The summed E-state index contributed by atoms with van der Waals surface area (Å²) in [7, 11) is 0. The third-order valence-corrected chi connectivity index (χ3v) is 5.15. The van der Waals surface area contributed by atoms with Gasteiger partial charge in [0.1, 0.15) is 5.76 Å². The van der Waals surface area contributed by atoms with Crippen molar-refractivity contribution < 1.29 is 9.21 Å². The van der Waals surface area contributed by atoms with Gasteiger partial charge < -0.3 is 14.6 Å². The number of thiazole rings is 1. The molecular weight excluding hydrogens is 310 g/mol. The first-order valence-electron chi connectivity index (χ1n) is 7.61. The monoisotopic (exact) mass is 327 g/mol. The summed E-state index contributed by atoms with van der Waals surface area (Å²) in [4.78, 5) is 18.9. The molecule has 0 unspecified atom stereocenters. The molecule has 23 heavy (non-hydrogen) atoms. The molecule has 1 saturated heterocycles. The first-order chi connectivity index (χ1) is 11.2. The smallest absolute Gasteiger partial charge is 0.227 e. The van der Waals surface area contributed by atoms with Crippen LogP contribution in [0, 0.1) is 12.8 Å². The van der Waals surface area contributed by atoms with Gasteiger partial charge in [0.15, 0.2) is 5.13 Å². The lowest BCUT2D eigenvalue weighted by Gasteiger charge is -2.37. The first-order valence-corrected chi connectivity index (χ1v) is 8.43. The Balaban J connectivity index is 1.35. The number of carbonyl (C=O) groups is 1. The summed E-state index contributed by atoms with van der Waals surface area (Å²) in [6.45, 7) is 3.98. The topological polar surface area (TPSA) is 58.4 Å². The fourth-order valence-electron chi connectivity index (χ4n) is 2.69. The second-order valence-electron chi connectivity index (χ2n) is 5.87. The molecule has 3 aromatic rings. The number of hydrogen-bond acceptors (Lipinski definition) is 5. The van der Waals surface area contributed by atoms with Crippen LogP contribution in [-0.4, -0.2) is 24.0 Å². The summed E-state index contributed by atoms with van der Waals surface area (Å²) in [5.41, 5.74) is 2.27. The molecule has 0 spiro atoms. The molecule has 3 heterocycles. The van der Waals surface area contributed by atoms with E-state index in [2.05, 4.69) is 40.3 Å². The van der Waals surface area contributed by atoms with Crippen LogP contribution in [0.1, 0.15) is 11.3 Å². The predicted molar refractivity (Wildman–Crippen MR) is 90.6 cm³/mol. The van der Waals surface area contributed by atoms with E-state index in [1.165, 1.54) is 10.3 Å². The number of aromatic nitrogens is 1. The molecule has 1 aromatic carbocycles. The van der Waals surface area contributed by atoms with E-state index in [1.807, 2.05) is 12.1 Å². The van der Waals surface area contributed by atoms with Crippen LogP contribution in [0.2, 0.25) is 0 Å². The molecule has 0 saturated carbocycles. The Morgan fingerprint density at radius 3 is 3.09 bits per heavy atom. The number of hydrogen-bond donors (Lipinski definition) is 1. The van der Waals surface area contributed by atoms with Crippen molar-refractivity contribution in [1.82, 2.24) is 10.3 Å². The summed E-state index contributed by atoms with van der Waals surface area (Å²) in [6.07, 6.45) is 1.61. The van der Waals surface area contributed by atoms with Crippen molar-refractivity contribution in [3.05, 3.63) is 47.9 Å². The highest BCUT2D eigenvalue weighted by atomic mass is 32.1. The Labute approximate surface area is 137 Å². The molecule has 1 amide bonds. The van der Waals surface area contributed by atoms with E-state index in [4.69, 9.17) is 4.42 Å². The van der Waals surface area contributed by atoms with Gasteiger partial charge in [-0.1, -0.05) is 17.4 Å². The average Bonchev–Trinajstić information content (AvgIpc) is 3.12. The van der Waals surface area contributed by atoms with Crippen LogP contribution < -0.4 is 10.2 Å². The van der Waals surface area contributed by atoms with E-state index >= 15 is 0 Å². The SMILES string of the molecule is Cc1ccc2nc(N3CC(C(=O)NCc4ccco4)C3)sc2c1. The number of anilines is 1. The number of aryl methyl sites for hydroxylation is 1. The van der Waals surface area contributed by atoms with Crippen molar-refractivity contribution in [3.8, 4) is 0 Å². The summed E-state index contributed by atoms with van der Waals surface area (Å²) < 4.78 is 6.42. The summed E-state index contributed by atoms with van der Waals surface area (Å²) in [6, 6.07) is 9.96. The second-order valence-corrected chi connectivity index (χ2v) is 6.88. The van der Waals surface area contributed by atoms with Crippen LogP contribution in [0.3, 0.4) is 0 Å². The Bertz CT molecular complexity index is 835. The maximum atomic E-state index is 12.1. The van der Waals surface area contributed by atoms with Gasteiger partial charge in [-0.2, -0.15) is 0 Å². The van der Waals surface area contributed by atoms with Crippen LogP contribution in [0.15, 0.2) is 41.0 Å². The molecule has 1 fully saturated rings. The van der Waals surface area contributed by atoms with Crippen molar-refractivity contribution in [1.29, 1.82) is 0 Å². The zero-order valence-corrected chi connectivity index (χ0v) is 13.6. The van der Waals surface area contributed by atoms with Gasteiger partial charge >= 0.3 is 0 Å². The fraction of sp³-hybridized carbons (Fsp3) is 0.294. The van der Waals surface area contributed by atoms with Crippen LogP contribution in [0.4, 0.5) is 5.13 Å². The standard InChI is InChI=1S/C17H17N3O2S/c1-11-4-5-14-15(7-11)23-17(19-14)20-9-12(10-20)16(21)18-8-13-3-2-6-22-13/h2-7,12H,8-10H2,1H3,(H,18,21). The van der Waals surface area contributed by atoms with Gasteiger partial charge in [0.05, 0.1) is 28.9 Å². The molecule has 0 atom stereocenters. The van der Waals surface area contributed by atoms with E-state index in [1.54, 1.807) is 17.6 Å². The Hall–Kier alpha value is -2.34. The zero-order chi connectivity index (χ0) is 15.8. The lowest BCUT2D eigenvalue weighted by Crippen LogP contribution is -2.53. The largest absolute Gasteiger partial charge is 0.467 e. The molecule has 4 rings (SSSR count). The molecule has 0 radical (unpaired) electrons. The van der Waals surface area contributed by atoms with Gasteiger partial charge in [0.25, 0.3) is 0 Å². The van der Waals surface area contributed by atoms with E-state index in [-0.39, 0.29) is 11.8 Å². The van der Waals surface area contributed by atoms with Crippen molar-refractivity contribution in [2.75, 3.05) is 18.0 Å². The van der Waals surface area contributed by atoms with Gasteiger partial charge in [-0.3, -0.25) is 4.79 Å². The Kier molecular flexibility index (Phi) is 3.53. The normalized spacial score (nSPS) is 14.9. The lowest BCUT2D eigenvalue weighted by molar-refractivity contribution is -0.125. The number of nitrogens with one attached hydrogen (secondary N) is 1. The summed E-state index contributed by atoms with van der Waals surface area (Å²) in [5, 5.41) is 3.92. The minimum Gasteiger partial charge on any atom is -0.467 e. The number of amides is 1. The molecule has 1 aliphatic rings. The number of nitrogens with zero attached hydrogens (tertiary/aromatic N) is 2. The number of furan rings is 1. The number of fused-ring (bicyclic) bond motifs is 1. The van der Waals surface area contributed by atoms with Crippen LogP contribution in [0.25, 0.3) is 10.2 Å². The van der Waals surface area contributed by atoms with Crippen molar-refractivity contribution in [3.63, 3.8) is 0 Å². The van der Waals surface area contributed by atoms with Crippen LogP contribution in [-0.2, 0) is 11.3 Å². The highest BCUT2D eigenvalue weighted by molar-refractivity contribution is 7.22. The van der Waals surface area contributed by atoms with Gasteiger partial charge in [-0.05, 0) is 36.8 Å². The predicted octanol–water partition coefficient (Wildman–Crippen LogP) is 2.95. The van der Waals surface area contributed by atoms with Gasteiger partial charge in [-0.15, -0.1) is 0 Å². The molecule has 0 aliphatic carbocycles. The minimum atomic E-state index is 0.0266. The number of carbonyl (C=O) groups excluding carboxylic acids is 1. The molecule has 5 nitrogen and oxygen atoms in total. The molecular formula is C17H17N3O2S. The molecule has 6 heteroatoms. The van der Waals surface area contributed by atoms with Crippen LogP contribution in [0.5, 0.6) is 0 Å². The van der Waals surface area contributed by atoms with Crippen molar-refractivity contribution in [2.45, 2.75) is 13.5 Å². The molecule has 0 bridgehead atoms. The summed E-state index contributed by atoms with van der Waals surface area (Å²) >= 11 is 1.69. The quantitative estimate of drug-likeness (QED) is 0.800. The van der Waals surface area contributed by atoms with Gasteiger partial charge in [-0.25, -0.2) is 4.98 Å². The fourth-order valence-corrected chi connectivity index (χ4v) is 3.77.